The van der Waals surface area contributed by atoms with Gasteiger partial charge in [0.15, 0.2) is 0 Å². The minimum atomic E-state index is 0.0463. The van der Waals surface area contributed by atoms with Gasteiger partial charge in [-0.25, -0.2) is 0 Å². The Morgan fingerprint density at radius 3 is 2.81 bits per heavy atom. The number of hydrogen-bond donors (Lipinski definition) is 1. The smallest absolute Gasteiger partial charge is 0.255 e. The van der Waals surface area contributed by atoms with Gasteiger partial charge in [-0.05, 0) is 30.4 Å². The Kier molecular flexibility index (Phi) is 5.41. The Morgan fingerprint density at radius 1 is 1.33 bits per heavy atom. The van der Waals surface area contributed by atoms with Crippen LogP contribution in [-0.4, -0.2) is 35.6 Å². The zero-order valence-electron chi connectivity index (χ0n) is 12.8. The zero-order chi connectivity index (χ0) is 15.2. The average Bonchev–Trinajstić information content (AvgIpc) is 2.50. The molecule has 3 heteroatoms. The van der Waals surface area contributed by atoms with Crippen molar-refractivity contribution in [3.05, 3.63) is 35.4 Å². The first-order valence-corrected chi connectivity index (χ1v) is 7.61. The minimum Gasteiger partial charge on any atom is -0.395 e. The average molecular weight is 285 g/mol. The maximum Gasteiger partial charge on any atom is 0.255 e. The molecule has 0 radical (unpaired) electrons. The minimum absolute atomic E-state index is 0.0463. The molecule has 1 amide bonds. The van der Waals surface area contributed by atoms with E-state index in [1.165, 1.54) is 0 Å². The van der Waals surface area contributed by atoms with E-state index in [4.69, 9.17) is 5.11 Å². The summed E-state index contributed by atoms with van der Waals surface area (Å²) in [5.41, 5.74) is 1.42. The van der Waals surface area contributed by atoms with Crippen LogP contribution < -0.4 is 0 Å². The maximum atomic E-state index is 12.7. The predicted octanol–water partition coefficient (Wildman–Crippen LogP) is 2.54. The van der Waals surface area contributed by atoms with Crippen LogP contribution in [0.15, 0.2) is 24.3 Å². The lowest BCUT2D eigenvalue weighted by molar-refractivity contribution is 0.0627. The number of carbonyl (C=O) groups excluding carboxylic acids is 1. The lowest BCUT2D eigenvalue weighted by atomic mass is 9.88. The quantitative estimate of drug-likeness (QED) is 0.848. The molecule has 1 aliphatic rings. The molecule has 1 fully saturated rings. The lowest BCUT2D eigenvalue weighted by Crippen LogP contribution is -2.42. The molecule has 1 aliphatic heterocycles. The Hall–Kier alpha value is -1.79. The maximum absolute atomic E-state index is 12.7. The van der Waals surface area contributed by atoms with Crippen molar-refractivity contribution < 1.29 is 9.90 Å². The number of carbonyl (C=O) groups is 1. The highest BCUT2D eigenvalue weighted by Crippen LogP contribution is 2.24. The second-order valence-electron chi connectivity index (χ2n) is 5.82. The van der Waals surface area contributed by atoms with Crippen molar-refractivity contribution in [1.29, 1.82) is 0 Å². The van der Waals surface area contributed by atoms with Gasteiger partial charge in [-0.2, -0.15) is 0 Å². The molecule has 0 aliphatic carbocycles. The van der Waals surface area contributed by atoms with E-state index in [2.05, 4.69) is 25.7 Å². The van der Waals surface area contributed by atoms with E-state index >= 15 is 0 Å². The van der Waals surface area contributed by atoms with Crippen LogP contribution in [0.4, 0.5) is 0 Å². The van der Waals surface area contributed by atoms with Crippen molar-refractivity contribution in [2.45, 2.75) is 26.7 Å². The Balaban J connectivity index is 2.18. The Bertz CT molecular complexity index is 556. The highest BCUT2D eigenvalue weighted by molar-refractivity contribution is 5.96. The molecule has 3 nitrogen and oxygen atoms in total. The fraction of sp³-hybridized carbons (Fsp3) is 0.500. The summed E-state index contributed by atoms with van der Waals surface area (Å²) in [5.74, 6) is 7.18. The number of hydrogen-bond acceptors (Lipinski definition) is 2. The molecule has 0 spiro atoms. The van der Waals surface area contributed by atoms with Crippen LogP contribution in [0.2, 0.25) is 0 Å². The van der Waals surface area contributed by atoms with Crippen LogP contribution in [-0.2, 0) is 0 Å². The molecule has 0 bridgehead atoms. The van der Waals surface area contributed by atoms with Crippen molar-refractivity contribution in [2.75, 3.05) is 19.7 Å². The summed E-state index contributed by atoms with van der Waals surface area (Å²) in [6.45, 7) is 6.14. The van der Waals surface area contributed by atoms with Crippen molar-refractivity contribution >= 4 is 5.91 Å². The summed E-state index contributed by atoms with van der Waals surface area (Å²) < 4.78 is 0. The standard InChI is InChI=1S/C18H23NO2/c1-14-10-11-19(13-15(14)2)18(21)17-9-4-3-7-16(17)8-5-6-12-20/h3-4,7,9,14-15,20H,6,10-13H2,1-2H3. The summed E-state index contributed by atoms with van der Waals surface area (Å²) in [7, 11) is 0. The van der Waals surface area contributed by atoms with E-state index in [1.807, 2.05) is 29.2 Å². The van der Waals surface area contributed by atoms with Crippen LogP contribution in [0.1, 0.15) is 42.6 Å². The third-order valence-electron chi connectivity index (χ3n) is 4.24. The number of aliphatic hydroxyl groups is 1. The first kappa shape index (κ1) is 15.6. The molecule has 1 saturated heterocycles. The molecule has 1 N–H and O–H groups in total. The normalized spacial score (nSPS) is 21.6. The third-order valence-corrected chi connectivity index (χ3v) is 4.24. The largest absolute Gasteiger partial charge is 0.395 e. The monoisotopic (exact) mass is 285 g/mol. The molecule has 2 atom stereocenters. The van der Waals surface area contributed by atoms with Crippen molar-refractivity contribution in [3.8, 4) is 11.8 Å². The van der Waals surface area contributed by atoms with E-state index in [0.29, 0.717) is 23.8 Å². The lowest BCUT2D eigenvalue weighted by Gasteiger charge is -2.35. The molecule has 2 rings (SSSR count). The van der Waals surface area contributed by atoms with Gasteiger partial charge in [0.25, 0.3) is 5.91 Å². The zero-order valence-corrected chi connectivity index (χ0v) is 12.8. The molecular weight excluding hydrogens is 262 g/mol. The van der Waals surface area contributed by atoms with Crippen molar-refractivity contribution in [3.63, 3.8) is 0 Å². The molecule has 0 aromatic heterocycles. The van der Waals surface area contributed by atoms with Gasteiger partial charge in [0.2, 0.25) is 0 Å². The molecule has 1 heterocycles. The highest BCUT2D eigenvalue weighted by atomic mass is 16.2. The second-order valence-corrected chi connectivity index (χ2v) is 5.82. The second kappa shape index (κ2) is 7.28. The summed E-state index contributed by atoms with van der Waals surface area (Å²) in [6, 6.07) is 7.47. The van der Waals surface area contributed by atoms with E-state index < -0.39 is 0 Å². The van der Waals surface area contributed by atoms with Gasteiger partial charge in [-0.15, -0.1) is 0 Å². The number of benzene rings is 1. The van der Waals surface area contributed by atoms with Gasteiger partial charge in [-0.3, -0.25) is 4.79 Å². The van der Waals surface area contributed by atoms with E-state index in [-0.39, 0.29) is 12.5 Å². The van der Waals surface area contributed by atoms with Gasteiger partial charge in [0, 0.05) is 25.1 Å². The van der Waals surface area contributed by atoms with Crippen LogP contribution in [0.25, 0.3) is 0 Å². The van der Waals surface area contributed by atoms with E-state index in [1.54, 1.807) is 0 Å². The SMILES string of the molecule is CC1CCN(C(=O)c2ccccc2C#CCCO)CC1C. The van der Waals surface area contributed by atoms with Gasteiger partial charge in [0.1, 0.15) is 0 Å². The van der Waals surface area contributed by atoms with Gasteiger partial charge in [0.05, 0.1) is 12.2 Å². The van der Waals surface area contributed by atoms with Crippen LogP contribution >= 0.6 is 0 Å². The topological polar surface area (TPSA) is 40.5 Å². The number of piperidine rings is 1. The molecular formula is C18H23NO2. The first-order valence-electron chi connectivity index (χ1n) is 7.61. The van der Waals surface area contributed by atoms with Gasteiger partial charge in [-0.1, -0.05) is 37.8 Å². The Morgan fingerprint density at radius 2 is 2.10 bits per heavy atom. The molecule has 0 saturated carbocycles. The summed E-state index contributed by atoms with van der Waals surface area (Å²) in [5, 5.41) is 8.80. The fourth-order valence-electron chi connectivity index (χ4n) is 2.61. The van der Waals surface area contributed by atoms with Gasteiger partial charge >= 0.3 is 0 Å². The first-order chi connectivity index (χ1) is 10.1. The molecule has 1 aromatic rings. The summed E-state index contributed by atoms with van der Waals surface area (Å²) in [6.07, 6.45) is 1.49. The fourth-order valence-corrected chi connectivity index (χ4v) is 2.61. The van der Waals surface area contributed by atoms with E-state index in [0.717, 1.165) is 25.1 Å². The summed E-state index contributed by atoms with van der Waals surface area (Å²) >= 11 is 0. The van der Waals surface area contributed by atoms with Crippen LogP contribution in [0.3, 0.4) is 0 Å². The number of aliphatic hydroxyl groups excluding tert-OH is 1. The highest BCUT2D eigenvalue weighted by Gasteiger charge is 2.27. The predicted molar refractivity (Wildman–Crippen MR) is 83.9 cm³/mol. The molecule has 1 aromatic carbocycles. The Labute approximate surface area is 127 Å². The molecule has 112 valence electrons. The molecule has 21 heavy (non-hydrogen) atoms. The van der Waals surface area contributed by atoms with Crippen molar-refractivity contribution in [1.82, 2.24) is 4.90 Å². The third kappa shape index (κ3) is 3.86. The number of amides is 1. The number of nitrogens with zero attached hydrogens (tertiary/aromatic N) is 1. The van der Waals surface area contributed by atoms with Crippen LogP contribution in [0.5, 0.6) is 0 Å². The van der Waals surface area contributed by atoms with Crippen LogP contribution in [0, 0.1) is 23.7 Å². The van der Waals surface area contributed by atoms with E-state index in [9.17, 15) is 4.79 Å². The molecule has 2 unspecified atom stereocenters. The van der Waals surface area contributed by atoms with Crippen molar-refractivity contribution in [2.24, 2.45) is 11.8 Å². The summed E-state index contributed by atoms with van der Waals surface area (Å²) in [4.78, 5) is 14.7. The van der Waals surface area contributed by atoms with Gasteiger partial charge < -0.3 is 10.0 Å². The number of likely N-dealkylation sites (tertiary alicyclic amines) is 1. The number of rotatable bonds is 2.